The standard InChI is InChI=1S/C15H12O2/c16-13-6-5-10-9-15(17)14-4-2-1-3-11(14)7-12(10)8-13/h1-8,14,16H,9H2. The molecule has 84 valence electrons. The number of Topliss-reactive ketones (excluding diaryl/α,β-unsaturated/α-hetero) is 1. The molecule has 0 saturated carbocycles. The van der Waals surface area contributed by atoms with Crippen molar-refractivity contribution in [3.63, 3.8) is 0 Å². The Morgan fingerprint density at radius 3 is 3.00 bits per heavy atom. The molecule has 0 fully saturated rings. The smallest absolute Gasteiger partial charge is 0.148 e. The third kappa shape index (κ3) is 1.72. The molecule has 3 rings (SSSR count). The second-order valence-electron chi connectivity index (χ2n) is 4.39. The van der Waals surface area contributed by atoms with E-state index in [-0.39, 0.29) is 17.5 Å². The first-order valence-corrected chi connectivity index (χ1v) is 5.65. The number of hydrogen-bond acceptors (Lipinski definition) is 2. The topological polar surface area (TPSA) is 37.3 Å². The van der Waals surface area contributed by atoms with Crippen molar-refractivity contribution >= 4 is 11.9 Å². The average molecular weight is 224 g/mol. The molecule has 0 heterocycles. The van der Waals surface area contributed by atoms with E-state index in [0.717, 1.165) is 16.7 Å². The molecule has 2 heteroatoms. The van der Waals surface area contributed by atoms with Crippen molar-refractivity contribution in [1.82, 2.24) is 0 Å². The Morgan fingerprint density at radius 2 is 2.12 bits per heavy atom. The van der Waals surface area contributed by atoms with Gasteiger partial charge in [-0.2, -0.15) is 0 Å². The largest absolute Gasteiger partial charge is 0.508 e. The van der Waals surface area contributed by atoms with Crippen LogP contribution in [-0.2, 0) is 11.2 Å². The van der Waals surface area contributed by atoms with Gasteiger partial charge in [-0.3, -0.25) is 4.79 Å². The molecule has 2 nitrogen and oxygen atoms in total. The fraction of sp³-hybridized carbons (Fsp3) is 0.133. The van der Waals surface area contributed by atoms with E-state index in [4.69, 9.17) is 0 Å². The maximum absolute atomic E-state index is 12.1. The molecule has 0 bridgehead atoms. The van der Waals surface area contributed by atoms with E-state index in [2.05, 4.69) is 0 Å². The third-order valence-electron chi connectivity index (χ3n) is 3.23. The van der Waals surface area contributed by atoms with E-state index in [1.807, 2.05) is 36.4 Å². The number of phenols is 1. The lowest BCUT2D eigenvalue weighted by atomic mass is 9.90. The van der Waals surface area contributed by atoms with Gasteiger partial charge >= 0.3 is 0 Å². The highest BCUT2D eigenvalue weighted by molar-refractivity contribution is 5.92. The molecule has 17 heavy (non-hydrogen) atoms. The summed E-state index contributed by atoms with van der Waals surface area (Å²) in [6.45, 7) is 0. The quantitative estimate of drug-likeness (QED) is 0.735. The Kier molecular flexibility index (Phi) is 2.22. The average Bonchev–Trinajstić information content (AvgIpc) is 2.46. The van der Waals surface area contributed by atoms with Crippen molar-refractivity contribution in [2.45, 2.75) is 6.42 Å². The van der Waals surface area contributed by atoms with Crippen LogP contribution in [0.1, 0.15) is 11.1 Å². The van der Waals surface area contributed by atoms with Crippen LogP contribution in [0, 0.1) is 5.92 Å². The summed E-state index contributed by atoms with van der Waals surface area (Å²) in [7, 11) is 0. The van der Waals surface area contributed by atoms with Crippen molar-refractivity contribution in [3.05, 3.63) is 59.2 Å². The molecule has 1 unspecified atom stereocenters. The number of rotatable bonds is 0. The Bertz CT molecular complexity index is 577. The molecular weight excluding hydrogens is 212 g/mol. The predicted octanol–water partition coefficient (Wildman–Crippen LogP) is 2.64. The van der Waals surface area contributed by atoms with E-state index in [1.54, 1.807) is 12.1 Å². The number of ketones is 1. The van der Waals surface area contributed by atoms with Crippen LogP contribution in [0.2, 0.25) is 0 Å². The van der Waals surface area contributed by atoms with Gasteiger partial charge in [0.15, 0.2) is 0 Å². The molecule has 0 amide bonds. The van der Waals surface area contributed by atoms with Crippen molar-refractivity contribution in [3.8, 4) is 5.75 Å². The van der Waals surface area contributed by atoms with E-state index in [0.29, 0.717) is 6.42 Å². The Hall–Kier alpha value is -2.09. The van der Waals surface area contributed by atoms with Gasteiger partial charge in [-0.1, -0.05) is 36.4 Å². The number of carbonyl (C=O) groups is 1. The minimum absolute atomic E-state index is 0.130. The number of phenolic OH excluding ortho intramolecular Hbond substituents is 1. The summed E-state index contributed by atoms with van der Waals surface area (Å²) in [5.74, 6) is 0.317. The van der Waals surface area contributed by atoms with Crippen molar-refractivity contribution in [2.75, 3.05) is 0 Å². The predicted molar refractivity (Wildman–Crippen MR) is 66.6 cm³/mol. The molecule has 0 aliphatic heterocycles. The molecule has 0 saturated heterocycles. The second-order valence-corrected chi connectivity index (χ2v) is 4.39. The third-order valence-corrected chi connectivity index (χ3v) is 3.23. The first kappa shape index (κ1) is 10.1. The summed E-state index contributed by atoms with van der Waals surface area (Å²) < 4.78 is 0. The van der Waals surface area contributed by atoms with E-state index < -0.39 is 0 Å². The lowest BCUT2D eigenvalue weighted by Gasteiger charge is -2.12. The van der Waals surface area contributed by atoms with Gasteiger partial charge in [0.25, 0.3) is 0 Å². The molecule has 1 N–H and O–H groups in total. The summed E-state index contributed by atoms with van der Waals surface area (Å²) in [5, 5.41) is 9.50. The number of benzene rings is 1. The minimum atomic E-state index is -0.130. The zero-order valence-electron chi connectivity index (χ0n) is 9.26. The van der Waals surface area contributed by atoms with Crippen LogP contribution in [0.4, 0.5) is 0 Å². The highest BCUT2D eigenvalue weighted by atomic mass is 16.3. The normalized spacial score (nSPS) is 21.5. The summed E-state index contributed by atoms with van der Waals surface area (Å²) >= 11 is 0. The van der Waals surface area contributed by atoms with Crippen LogP contribution < -0.4 is 0 Å². The summed E-state index contributed by atoms with van der Waals surface area (Å²) in [6, 6.07) is 5.17. The zero-order valence-corrected chi connectivity index (χ0v) is 9.26. The molecule has 0 spiro atoms. The molecule has 2 aliphatic carbocycles. The first-order chi connectivity index (χ1) is 8.24. The Balaban J connectivity index is 2.17. The van der Waals surface area contributed by atoms with Gasteiger partial charge in [-0.05, 0) is 28.8 Å². The highest BCUT2D eigenvalue weighted by Gasteiger charge is 2.24. The van der Waals surface area contributed by atoms with Crippen LogP contribution in [0.5, 0.6) is 5.75 Å². The number of fused-ring (bicyclic) bond motifs is 2. The lowest BCUT2D eigenvalue weighted by Crippen LogP contribution is -2.15. The summed E-state index contributed by atoms with van der Waals surface area (Å²) in [5.41, 5.74) is 2.93. The van der Waals surface area contributed by atoms with Gasteiger partial charge in [0.1, 0.15) is 11.5 Å². The van der Waals surface area contributed by atoms with Crippen LogP contribution in [0.3, 0.4) is 0 Å². The summed E-state index contributed by atoms with van der Waals surface area (Å²) in [6.07, 6.45) is 10.2. The van der Waals surface area contributed by atoms with Gasteiger partial charge in [-0.15, -0.1) is 0 Å². The Morgan fingerprint density at radius 1 is 1.24 bits per heavy atom. The molecule has 2 aliphatic rings. The molecular formula is C15H12O2. The van der Waals surface area contributed by atoms with Crippen molar-refractivity contribution in [1.29, 1.82) is 0 Å². The number of allylic oxidation sites excluding steroid dienone is 5. The minimum Gasteiger partial charge on any atom is -0.508 e. The van der Waals surface area contributed by atoms with Gasteiger partial charge in [-0.25, -0.2) is 0 Å². The van der Waals surface area contributed by atoms with Crippen molar-refractivity contribution < 1.29 is 9.90 Å². The maximum Gasteiger partial charge on any atom is 0.148 e. The maximum atomic E-state index is 12.1. The molecule has 0 aromatic heterocycles. The number of carbonyl (C=O) groups excluding carboxylic acids is 1. The van der Waals surface area contributed by atoms with Gasteiger partial charge in [0.05, 0.1) is 5.92 Å². The number of aromatic hydroxyl groups is 1. The number of hydrogen-bond donors (Lipinski definition) is 1. The summed E-state index contributed by atoms with van der Waals surface area (Å²) in [4.78, 5) is 12.1. The second kappa shape index (κ2) is 3.74. The van der Waals surface area contributed by atoms with E-state index in [9.17, 15) is 9.90 Å². The van der Waals surface area contributed by atoms with Gasteiger partial charge in [0, 0.05) is 6.42 Å². The molecule has 0 radical (unpaired) electrons. The van der Waals surface area contributed by atoms with Crippen molar-refractivity contribution in [2.24, 2.45) is 5.92 Å². The SMILES string of the molecule is O=C1Cc2ccc(O)cc2C=C2C=CC=CC12. The zero-order chi connectivity index (χ0) is 11.8. The van der Waals surface area contributed by atoms with E-state index in [1.165, 1.54) is 0 Å². The van der Waals surface area contributed by atoms with Crippen LogP contribution in [-0.4, -0.2) is 10.9 Å². The molecule has 1 aromatic carbocycles. The Labute approximate surface area is 99.6 Å². The molecule has 1 atom stereocenters. The van der Waals surface area contributed by atoms with Crippen LogP contribution >= 0.6 is 0 Å². The van der Waals surface area contributed by atoms with Crippen LogP contribution in [0.25, 0.3) is 6.08 Å². The van der Waals surface area contributed by atoms with Gasteiger partial charge < -0.3 is 5.11 Å². The fourth-order valence-electron chi connectivity index (χ4n) is 2.34. The van der Waals surface area contributed by atoms with Crippen LogP contribution in [0.15, 0.2) is 48.1 Å². The monoisotopic (exact) mass is 224 g/mol. The lowest BCUT2D eigenvalue weighted by molar-refractivity contribution is -0.119. The van der Waals surface area contributed by atoms with Gasteiger partial charge in [0.2, 0.25) is 0 Å². The van der Waals surface area contributed by atoms with E-state index >= 15 is 0 Å². The highest BCUT2D eigenvalue weighted by Crippen LogP contribution is 2.30. The first-order valence-electron chi connectivity index (χ1n) is 5.65. The fourth-order valence-corrected chi connectivity index (χ4v) is 2.34. The molecule has 1 aromatic rings.